The van der Waals surface area contributed by atoms with Gasteiger partial charge in [-0.15, -0.1) is 0 Å². The maximum Gasteiger partial charge on any atom is 0.200 e. The number of benzene rings is 1. The van der Waals surface area contributed by atoms with Gasteiger partial charge in [-0.1, -0.05) is 84.3 Å². The van der Waals surface area contributed by atoms with Gasteiger partial charge in [0.15, 0.2) is 6.29 Å². The molecule has 1 N–H and O–H groups in total. The van der Waals surface area contributed by atoms with Crippen molar-refractivity contribution in [3.05, 3.63) is 41.3 Å². The molecule has 1 aliphatic carbocycles. The van der Waals surface area contributed by atoms with E-state index in [0.29, 0.717) is 29.7 Å². The van der Waals surface area contributed by atoms with Gasteiger partial charge in [0.25, 0.3) is 0 Å². The van der Waals surface area contributed by atoms with Crippen molar-refractivity contribution in [3.8, 4) is 0 Å². The minimum Gasteiger partial charge on any atom is -0.412 e. The highest BCUT2D eigenvalue weighted by Gasteiger charge is 2.46. The number of ether oxygens (including phenoxy) is 2. The van der Waals surface area contributed by atoms with Crippen molar-refractivity contribution in [1.82, 2.24) is 0 Å². The molecule has 0 aliphatic heterocycles. The monoisotopic (exact) mass is 508 g/mol. The molecule has 1 aliphatic rings. The standard InChI is InChI=1S/C28H48O4SSi/c1-21(2)34(22(3)4,23(5)6)32-19-17-26(33-25-15-10-9-11-16-25)28(29)18-13-12-14-24(28)20-27(30-7)31-8/h9-11,15-17,21-24,27,29H,12-14,18-20H2,1-8H3/b26-17+/t24-,28-/m1/s1. The summed E-state index contributed by atoms with van der Waals surface area (Å²) in [5.74, 6) is 0.0795. The van der Waals surface area contributed by atoms with E-state index in [1.165, 1.54) is 0 Å². The molecule has 1 saturated carbocycles. The van der Waals surface area contributed by atoms with Crippen molar-refractivity contribution in [1.29, 1.82) is 0 Å². The van der Waals surface area contributed by atoms with Crippen LogP contribution in [-0.2, 0) is 13.9 Å². The number of methoxy groups -OCH3 is 2. The zero-order valence-corrected chi connectivity index (χ0v) is 24.5. The third-order valence-corrected chi connectivity index (χ3v) is 15.1. The van der Waals surface area contributed by atoms with Crippen LogP contribution < -0.4 is 0 Å². The fourth-order valence-electron chi connectivity index (χ4n) is 6.07. The summed E-state index contributed by atoms with van der Waals surface area (Å²) in [6.07, 6.45) is 6.42. The zero-order chi connectivity index (χ0) is 25.4. The molecule has 1 aromatic rings. The topological polar surface area (TPSA) is 47.9 Å². The van der Waals surface area contributed by atoms with E-state index in [0.717, 1.165) is 35.5 Å². The van der Waals surface area contributed by atoms with Gasteiger partial charge in [-0.2, -0.15) is 0 Å². The summed E-state index contributed by atoms with van der Waals surface area (Å²) in [4.78, 5) is 2.15. The van der Waals surface area contributed by atoms with E-state index in [1.54, 1.807) is 26.0 Å². The summed E-state index contributed by atoms with van der Waals surface area (Å²) in [5, 5.41) is 12.2. The summed E-state index contributed by atoms with van der Waals surface area (Å²) in [6, 6.07) is 10.4. The highest BCUT2D eigenvalue weighted by Crippen LogP contribution is 2.48. The lowest BCUT2D eigenvalue weighted by Crippen LogP contribution is -2.48. The average Bonchev–Trinajstić information content (AvgIpc) is 2.80. The molecule has 2 rings (SSSR count). The lowest BCUT2D eigenvalue weighted by Gasteiger charge is -2.43. The lowest BCUT2D eigenvalue weighted by atomic mass is 9.73. The fraction of sp³-hybridized carbons (Fsp3) is 0.714. The SMILES string of the molecule is COC(C[C@H]1CCCC[C@]1(O)/C(=C\CO[Si](C(C)C)(C(C)C)C(C)C)Sc1ccccc1)OC. The van der Waals surface area contributed by atoms with Gasteiger partial charge in [0.1, 0.15) is 0 Å². The van der Waals surface area contributed by atoms with Gasteiger partial charge in [-0.3, -0.25) is 0 Å². The van der Waals surface area contributed by atoms with Crippen molar-refractivity contribution in [2.75, 3.05) is 20.8 Å². The van der Waals surface area contributed by atoms with Crippen LogP contribution in [0.5, 0.6) is 0 Å². The Balaban J connectivity index is 2.40. The van der Waals surface area contributed by atoms with Crippen LogP contribution in [0.4, 0.5) is 0 Å². The lowest BCUT2D eigenvalue weighted by molar-refractivity contribution is -0.134. The first-order valence-corrected chi connectivity index (χ1v) is 15.9. The average molecular weight is 509 g/mol. The van der Waals surface area contributed by atoms with E-state index in [1.807, 2.05) is 6.07 Å². The summed E-state index contributed by atoms with van der Waals surface area (Å²) in [6.45, 7) is 14.4. The molecule has 0 aromatic heterocycles. The Labute approximate surface area is 214 Å². The second-order valence-electron chi connectivity index (χ2n) is 10.6. The Morgan fingerprint density at radius 3 is 2.15 bits per heavy atom. The molecule has 0 saturated heterocycles. The highest BCUT2D eigenvalue weighted by atomic mass is 32.2. The van der Waals surface area contributed by atoms with Gasteiger partial charge in [0.05, 0.1) is 12.2 Å². The molecular weight excluding hydrogens is 460 g/mol. The van der Waals surface area contributed by atoms with Crippen LogP contribution >= 0.6 is 11.8 Å². The van der Waals surface area contributed by atoms with Crippen molar-refractivity contribution in [2.24, 2.45) is 5.92 Å². The molecule has 2 atom stereocenters. The predicted molar refractivity (Wildman–Crippen MR) is 147 cm³/mol. The van der Waals surface area contributed by atoms with Crippen LogP contribution in [0.1, 0.15) is 73.6 Å². The van der Waals surface area contributed by atoms with E-state index >= 15 is 0 Å². The maximum atomic E-state index is 12.2. The minimum atomic E-state index is -1.99. The van der Waals surface area contributed by atoms with Gasteiger partial charge in [-0.05, 0) is 53.6 Å². The summed E-state index contributed by atoms with van der Waals surface area (Å²) >= 11 is 1.68. The number of thioether (sulfide) groups is 1. The summed E-state index contributed by atoms with van der Waals surface area (Å²) in [5.41, 5.74) is 0.678. The fourth-order valence-corrected chi connectivity index (χ4v) is 12.6. The molecule has 0 unspecified atom stereocenters. The van der Waals surface area contributed by atoms with E-state index in [-0.39, 0.29) is 12.2 Å². The van der Waals surface area contributed by atoms with Crippen LogP contribution in [0.3, 0.4) is 0 Å². The molecule has 0 amide bonds. The first kappa shape index (κ1) is 29.6. The molecule has 0 heterocycles. The first-order valence-electron chi connectivity index (χ1n) is 13.0. The van der Waals surface area contributed by atoms with Gasteiger partial charge in [0, 0.05) is 30.4 Å². The van der Waals surface area contributed by atoms with Crippen LogP contribution in [0.2, 0.25) is 16.6 Å². The summed E-state index contributed by atoms with van der Waals surface area (Å²) in [7, 11) is 1.36. The number of hydrogen-bond donors (Lipinski definition) is 1. The molecule has 0 spiro atoms. The largest absolute Gasteiger partial charge is 0.412 e. The minimum absolute atomic E-state index is 0.0795. The molecule has 194 valence electrons. The normalized spacial score (nSPS) is 22.4. The van der Waals surface area contributed by atoms with Gasteiger partial charge in [-0.25, -0.2) is 0 Å². The Kier molecular flexibility index (Phi) is 11.8. The Morgan fingerprint density at radius 2 is 1.62 bits per heavy atom. The predicted octanol–water partition coefficient (Wildman–Crippen LogP) is 7.79. The van der Waals surface area contributed by atoms with Gasteiger partial charge < -0.3 is 19.0 Å². The molecule has 1 aromatic carbocycles. The van der Waals surface area contributed by atoms with Crippen LogP contribution in [0, 0.1) is 5.92 Å². The smallest absolute Gasteiger partial charge is 0.200 e. The zero-order valence-electron chi connectivity index (χ0n) is 22.7. The van der Waals surface area contributed by atoms with Crippen molar-refractivity contribution in [2.45, 2.75) is 107 Å². The van der Waals surface area contributed by atoms with Crippen LogP contribution in [0.15, 0.2) is 46.2 Å². The first-order chi connectivity index (χ1) is 16.1. The Morgan fingerprint density at radius 1 is 1.03 bits per heavy atom. The van der Waals surface area contributed by atoms with Gasteiger partial charge >= 0.3 is 0 Å². The molecule has 4 nitrogen and oxygen atoms in total. The molecule has 6 heteroatoms. The number of rotatable bonds is 13. The van der Waals surface area contributed by atoms with Crippen molar-refractivity contribution >= 4 is 20.1 Å². The van der Waals surface area contributed by atoms with E-state index in [2.05, 4.69) is 71.9 Å². The molecule has 0 radical (unpaired) electrons. The van der Waals surface area contributed by atoms with E-state index in [9.17, 15) is 5.11 Å². The van der Waals surface area contributed by atoms with Crippen LogP contribution in [0.25, 0.3) is 0 Å². The highest BCUT2D eigenvalue weighted by molar-refractivity contribution is 8.03. The second-order valence-corrected chi connectivity index (χ2v) is 17.2. The number of hydrogen-bond acceptors (Lipinski definition) is 5. The Bertz CT molecular complexity index is 726. The third kappa shape index (κ3) is 6.98. The number of aliphatic hydroxyl groups is 1. The quantitative estimate of drug-likeness (QED) is 0.167. The second kappa shape index (κ2) is 13.6. The third-order valence-electron chi connectivity index (χ3n) is 7.75. The van der Waals surface area contributed by atoms with E-state index < -0.39 is 13.9 Å². The van der Waals surface area contributed by atoms with E-state index in [4.69, 9.17) is 13.9 Å². The molecule has 0 bridgehead atoms. The maximum absolute atomic E-state index is 12.2. The molecule has 34 heavy (non-hydrogen) atoms. The molecule has 1 fully saturated rings. The van der Waals surface area contributed by atoms with Crippen LogP contribution in [-0.4, -0.2) is 46.1 Å². The van der Waals surface area contributed by atoms with Crippen molar-refractivity contribution in [3.63, 3.8) is 0 Å². The summed E-state index contributed by atoms with van der Waals surface area (Å²) < 4.78 is 17.9. The Hall–Kier alpha value is -0.633. The van der Waals surface area contributed by atoms with Crippen molar-refractivity contribution < 1.29 is 19.0 Å². The molecular formula is C28H48O4SSi. The van der Waals surface area contributed by atoms with Gasteiger partial charge in [0.2, 0.25) is 8.32 Å².